The first-order chi connectivity index (χ1) is 9.95. The van der Waals surface area contributed by atoms with Gasteiger partial charge >= 0.3 is 5.97 Å². The standard InChI is InChI=1S/C15H12Cl2O4/c1-9(15(18)19)20-11-3-5-12(6-4-11)21-14-7-2-10(16)8-13(14)17/h2-9H,1H3,(H,18,19)/t9-/m0/s1. The van der Waals surface area contributed by atoms with Crippen LogP contribution in [0.5, 0.6) is 17.2 Å². The SMILES string of the molecule is C[C@H](Oc1ccc(Oc2ccc(Cl)cc2Cl)cc1)C(=O)O. The number of hydrogen-bond donors (Lipinski definition) is 1. The van der Waals surface area contributed by atoms with Crippen LogP contribution in [0.2, 0.25) is 10.0 Å². The molecular formula is C15H12Cl2O4. The summed E-state index contributed by atoms with van der Waals surface area (Å²) in [6.07, 6.45) is -0.914. The number of aliphatic carboxylic acids is 1. The Hall–Kier alpha value is -1.91. The Morgan fingerprint density at radius 1 is 1.10 bits per heavy atom. The van der Waals surface area contributed by atoms with Crippen LogP contribution in [-0.2, 0) is 4.79 Å². The second-order valence-electron chi connectivity index (χ2n) is 4.25. The van der Waals surface area contributed by atoms with Gasteiger partial charge in [0.15, 0.2) is 6.10 Å². The number of ether oxygens (including phenoxy) is 2. The van der Waals surface area contributed by atoms with Gasteiger partial charge in [-0.25, -0.2) is 4.79 Å². The van der Waals surface area contributed by atoms with Crippen LogP contribution < -0.4 is 9.47 Å². The molecule has 110 valence electrons. The highest BCUT2D eigenvalue weighted by Crippen LogP contribution is 2.32. The van der Waals surface area contributed by atoms with Gasteiger partial charge < -0.3 is 14.6 Å². The third-order valence-electron chi connectivity index (χ3n) is 2.61. The Labute approximate surface area is 131 Å². The maximum Gasteiger partial charge on any atom is 0.344 e. The quantitative estimate of drug-likeness (QED) is 0.869. The van der Waals surface area contributed by atoms with E-state index >= 15 is 0 Å². The van der Waals surface area contributed by atoms with Crippen molar-refractivity contribution in [2.24, 2.45) is 0 Å². The van der Waals surface area contributed by atoms with Crippen LogP contribution in [0.1, 0.15) is 6.92 Å². The molecule has 1 atom stereocenters. The number of benzene rings is 2. The molecule has 2 rings (SSSR count). The van der Waals surface area contributed by atoms with Gasteiger partial charge in [-0.1, -0.05) is 23.2 Å². The molecule has 0 saturated carbocycles. The maximum absolute atomic E-state index is 10.7. The van der Waals surface area contributed by atoms with Crippen molar-refractivity contribution in [3.8, 4) is 17.2 Å². The van der Waals surface area contributed by atoms with Gasteiger partial charge in [0.2, 0.25) is 0 Å². The van der Waals surface area contributed by atoms with Crippen molar-refractivity contribution < 1.29 is 19.4 Å². The average Bonchev–Trinajstić information content (AvgIpc) is 2.43. The zero-order chi connectivity index (χ0) is 15.4. The molecule has 0 aromatic heterocycles. The Balaban J connectivity index is 2.07. The Morgan fingerprint density at radius 3 is 2.29 bits per heavy atom. The molecule has 0 unspecified atom stereocenters. The van der Waals surface area contributed by atoms with E-state index in [9.17, 15) is 4.79 Å². The molecule has 2 aromatic rings. The molecule has 0 saturated heterocycles. The van der Waals surface area contributed by atoms with E-state index < -0.39 is 12.1 Å². The number of hydrogen-bond acceptors (Lipinski definition) is 3. The van der Waals surface area contributed by atoms with Crippen LogP contribution in [0.15, 0.2) is 42.5 Å². The summed E-state index contributed by atoms with van der Waals surface area (Å²) in [4.78, 5) is 10.7. The van der Waals surface area contributed by atoms with Crippen LogP contribution in [0, 0.1) is 0 Å². The first kappa shape index (κ1) is 15.5. The summed E-state index contributed by atoms with van der Waals surface area (Å²) in [5.41, 5.74) is 0. The normalized spacial score (nSPS) is 11.8. The molecule has 0 aliphatic rings. The minimum atomic E-state index is -1.02. The van der Waals surface area contributed by atoms with Crippen molar-refractivity contribution in [1.82, 2.24) is 0 Å². The van der Waals surface area contributed by atoms with E-state index in [0.717, 1.165) is 0 Å². The molecule has 0 radical (unpaired) electrons. The third-order valence-corrected chi connectivity index (χ3v) is 3.14. The fraction of sp³-hybridized carbons (Fsp3) is 0.133. The molecule has 4 nitrogen and oxygen atoms in total. The second kappa shape index (κ2) is 6.70. The summed E-state index contributed by atoms with van der Waals surface area (Å²) in [5.74, 6) is 0.450. The van der Waals surface area contributed by atoms with Gasteiger partial charge in [0, 0.05) is 5.02 Å². The molecule has 0 amide bonds. The lowest BCUT2D eigenvalue weighted by molar-refractivity contribution is -0.144. The van der Waals surface area contributed by atoms with Crippen molar-refractivity contribution in [3.63, 3.8) is 0 Å². The van der Waals surface area contributed by atoms with Gasteiger partial charge in [-0.2, -0.15) is 0 Å². The molecule has 0 bridgehead atoms. The number of carboxylic acids is 1. The Morgan fingerprint density at radius 2 is 1.71 bits per heavy atom. The molecule has 0 spiro atoms. The molecule has 21 heavy (non-hydrogen) atoms. The zero-order valence-electron chi connectivity index (χ0n) is 11.0. The number of halogens is 2. The predicted molar refractivity (Wildman–Crippen MR) is 80.7 cm³/mol. The van der Waals surface area contributed by atoms with Crippen molar-refractivity contribution in [2.75, 3.05) is 0 Å². The first-order valence-electron chi connectivity index (χ1n) is 6.08. The second-order valence-corrected chi connectivity index (χ2v) is 5.09. The van der Waals surface area contributed by atoms with E-state index in [-0.39, 0.29) is 0 Å². The summed E-state index contributed by atoms with van der Waals surface area (Å²) < 4.78 is 10.8. The molecule has 0 aliphatic heterocycles. The van der Waals surface area contributed by atoms with Crippen LogP contribution >= 0.6 is 23.2 Å². The average molecular weight is 327 g/mol. The Kier molecular flexibility index (Phi) is 4.94. The van der Waals surface area contributed by atoms with Crippen molar-refractivity contribution in [1.29, 1.82) is 0 Å². The molecule has 6 heteroatoms. The van der Waals surface area contributed by atoms with Crippen LogP contribution in [-0.4, -0.2) is 17.2 Å². The summed E-state index contributed by atoms with van der Waals surface area (Å²) in [6, 6.07) is 11.5. The van der Waals surface area contributed by atoms with Crippen LogP contribution in [0.3, 0.4) is 0 Å². The fourth-order valence-electron chi connectivity index (χ4n) is 1.53. The maximum atomic E-state index is 10.7. The highest BCUT2D eigenvalue weighted by molar-refractivity contribution is 6.35. The number of rotatable bonds is 5. The molecule has 0 aliphatic carbocycles. The van der Waals surface area contributed by atoms with E-state index in [1.807, 2.05) is 0 Å². The predicted octanol–water partition coefficient (Wildman–Crippen LogP) is 4.64. The van der Waals surface area contributed by atoms with Gasteiger partial charge in [0.05, 0.1) is 5.02 Å². The minimum absolute atomic E-state index is 0.405. The van der Waals surface area contributed by atoms with E-state index in [1.54, 1.807) is 42.5 Å². The topological polar surface area (TPSA) is 55.8 Å². The van der Waals surface area contributed by atoms with E-state index in [4.69, 9.17) is 37.8 Å². The summed E-state index contributed by atoms with van der Waals surface area (Å²) in [5, 5.41) is 9.70. The highest BCUT2D eigenvalue weighted by atomic mass is 35.5. The van der Waals surface area contributed by atoms with Crippen molar-refractivity contribution in [3.05, 3.63) is 52.5 Å². The molecule has 0 heterocycles. The van der Waals surface area contributed by atoms with Crippen LogP contribution in [0.4, 0.5) is 0 Å². The third kappa shape index (κ3) is 4.28. The first-order valence-corrected chi connectivity index (χ1v) is 6.84. The lowest BCUT2D eigenvalue weighted by atomic mass is 10.3. The van der Waals surface area contributed by atoms with E-state index in [1.165, 1.54) is 6.92 Å². The summed E-state index contributed by atoms with van der Waals surface area (Å²) in [6.45, 7) is 1.46. The summed E-state index contributed by atoms with van der Waals surface area (Å²) in [7, 11) is 0. The van der Waals surface area contributed by atoms with Gasteiger partial charge in [0.25, 0.3) is 0 Å². The lowest BCUT2D eigenvalue weighted by Crippen LogP contribution is -2.22. The Bertz CT molecular complexity index is 641. The van der Waals surface area contributed by atoms with Gasteiger partial charge in [-0.15, -0.1) is 0 Å². The fourth-order valence-corrected chi connectivity index (χ4v) is 1.97. The van der Waals surface area contributed by atoms with E-state index in [0.29, 0.717) is 27.3 Å². The zero-order valence-corrected chi connectivity index (χ0v) is 12.6. The smallest absolute Gasteiger partial charge is 0.344 e. The van der Waals surface area contributed by atoms with Crippen molar-refractivity contribution in [2.45, 2.75) is 13.0 Å². The largest absolute Gasteiger partial charge is 0.479 e. The summed E-state index contributed by atoms with van der Waals surface area (Å²) >= 11 is 11.8. The highest BCUT2D eigenvalue weighted by Gasteiger charge is 2.12. The molecule has 1 N–H and O–H groups in total. The van der Waals surface area contributed by atoms with E-state index in [2.05, 4.69) is 0 Å². The molecular weight excluding hydrogens is 315 g/mol. The number of carboxylic acid groups (broad SMARTS) is 1. The molecule has 2 aromatic carbocycles. The minimum Gasteiger partial charge on any atom is -0.479 e. The van der Waals surface area contributed by atoms with Gasteiger partial charge in [-0.3, -0.25) is 0 Å². The number of carbonyl (C=O) groups is 1. The van der Waals surface area contributed by atoms with Gasteiger partial charge in [-0.05, 0) is 49.4 Å². The van der Waals surface area contributed by atoms with Crippen molar-refractivity contribution >= 4 is 29.2 Å². The lowest BCUT2D eigenvalue weighted by Gasteiger charge is -2.11. The van der Waals surface area contributed by atoms with Crippen LogP contribution in [0.25, 0.3) is 0 Å². The van der Waals surface area contributed by atoms with Gasteiger partial charge in [0.1, 0.15) is 17.2 Å². The monoisotopic (exact) mass is 326 g/mol. The molecule has 0 fully saturated rings.